The molecule has 0 heterocycles. The van der Waals surface area contributed by atoms with Crippen molar-refractivity contribution in [3.05, 3.63) is 71.8 Å². The summed E-state index contributed by atoms with van der Waals surface area (Å²) in [6.45, 7) is 0.628. The van der Waals surface area contributed by atoms with E-state index in [9.17, 15) is 0 Å². The van der Waals surface area contributed by atoms with E-state index < -0.39 is 0 Å². The molecule has 0 aromatic heterocycles. The van der Waals surface area contributed by atoms with Crippen LogP contribution in [0.4, 0.5) is 0 Å². The summed E-state index contributed by atoms with van der Waals surface area (Å²) < 4.78 is 5.76. The fourth-order valence-electron chi connectivity index (χ4n) is 2.06. The van der Waals surface area contributed by atoms with Gasteiger partial charge in [0.25, 0.3) is 0 Å². The molecule has 0 saturated heterocycles. The van der Waals surface area contributed by atoms with Gasteiger partial charge in [0.15, 0.2) is 0 Å². The maximum absolute atomic E-state index is 5.76. The zero-order chi connectivity index (χ0) is 12.2. The monoisotopic (exact) mass is 236 g/mol. The lowest BCUT2D eigenvalue weighted by molar-refractivity contribution is 0.306. The van der Waals surface area contributed by atoms with Crippen LogP contribution in [-0.4, -0.2) is 0 Å². The van der Waals surface area contributed by atoms with Crippen molar-refractivity contribution < 1.29 is 4.74 Å². The average Bonchev–Trinajstić information content (AvgIpc) is 2.37. The van der Waals surface area contributed by atoms with Gasteiger partial charge in [0, 0.05) is 0 Å². The van der Waals surface area contributed by atoms with Crippen molar-refractivity contribution in [1.82, 2.24) is 0 Å². The number of allylic oxidation sites excluding steroid dienone is 2. The summed E-state index contributed by atoms with van der Waals surface area (Å²) in [4.78, 5) is 0. The van der Waals surface area contributed by atoms with Crippen LogP contribution in [0.25, 0.3) is 5.57 Å². The molecule has 0 aliphatic heterocycles. The minimum absolute atomic E-state index is 0.628. The Hall–Kier alpha value is -2.02. The molecule has 1 aliphatic rings. The van der Waals surface area contributed by atoms with Gasteiger partial charge < -0.3 is 4.74 Å². The van der Waals surface area contributed by atoms with E-state index in [4.69, 9.17) is 4.74 Å². The van der Waals surface area contributed by atoms with Crippen molar-refractivity contribution in [2.75, 3.05) is 0 Å². The van der Waals surface area contributed by atoms with Crippen molar-refractivity contribution in [2.24, 2.45) is 0 Å². The Morgan fingerprint density at radius 2 is 1.61 bits per heavy atom. The van der Waals surface area contributed by atoms with E-state index in [1.807, 2.05) is 18.2 Å². The van der Waals surface area contributed by atoms with Crippen molar-refractivity contribution in [3.63, 3.8) is 0 Å². The van der Waals surface area contributed by atoms with Crippen molar-refractivity contribution in [3.8, 4) is 5.75 Å². The summed E-state index contributed by atoms with van der Waals surface area (Å²) in [5, 5.41) is 0. The lowest BCUT2D eigenvalue weighted by Gasteiger charge is -2.15. The minimum atomic E-state index is 0.628. The largest absolute Gasteiger partial charge is 0.489 e. The van der Waals surface area contributed by atoms with Gasteiger partial charge in [-0.15, -0.1) is 0 Å². The highest BCUT2D eigenvalue weighted by atomic mass is 16.5. The summed E-state index contributed by atoms with van der Waals surface area (Å²) >= 11 is 0. The molecule has 0 unspecified atom stereocenters. The maximum atomic E-state index is 5.76. The molecule has 0 radical (unpaired) electrons. The molecule has 18 heavy (non-hydrogen) atoms. The second-order valence-corrected chi connectivity index (χ2v) is 4.57. The third-order valence-corrected chi connectivity index (χ3v) is 3.28. The highest BCUT2D eigenvalue weighted by Crippen LogP contribution is 2.29. The highest BCUT2D eigenvalue weighted by Gasteiger charge is 2.07. The topological polar surface area (TPSA) is 9.23 Å². The zero-order valence-corrected chi connectivity index (χ0v) is 10.3. The molecule has 2 aromatic carbocycles. The molecule has 1 aliphatic carbocycles. The first kappa shape index (κ1) is 11.1. The van der Waals surface area contributed by atoms with Gasteiger partial charge in [0.05, 0.1) is 0 Å². The van der Waals surface area contributed by atoms with Crippen LogP contribution in [0.2, 0.25) is 0 Å². The SMILES string of the molecule is C1=C(c2ccc(OCc3ccccc3)cc2)CC1. The molecule has 0 bridgehead atoms. The number of benzene rings is 2. The van der Waals surface area contributed by atoms with Gasteiger partial charge >= 0.3 is 0 Å². The average molecular weight is 236 g/mol. The van der Waals surface area contributed by atoms with Gasteiger partial charge in [-0.2, -0.15) is 0 Å². The molecule has 0 amide bonds. The van der Waals surface area contributed by atoms with Gasteiger partial charge in [-0.05, 0) is 41.7 Å². The van der Waals surface area contributed by atoms with Crippen LogP contribution in [0.1, 0.15) is 24.0 Å². The highest BCUT2D eigenvalue weighted by molar-refractivity contribution is 5.70. The second kappa shape index (κ2) is 5.09. The van der Waals surface area contributed by atoms with E-state index in [0.29, 0.717) is 6.61 Å². The van der Waals surface area contributed by atoms with Crippen molar-refractivity contribution in [2.45, 2.75) is 19.4 Å². The van der Waals surface area contributed by atoms with Gasteiger partial charge in [-0.1, -0.05) is 48.5 Å². The van der Waals surface area contributed by atoms with Crippen LogP contribution in [-0.2, 0) is 6.61 Å². The van der Waals surface area contributed by atoms with E-state index in [2.05, 4.69) is 42.5 Å². The fourth-order valence-corrected chi connectivity index (χ4v) is 2.06. The molecule has 0 saturated carbocycles. The van der Waals surface area contributed by atoms with Gasteiger partial charge in [0.1, 0.15) is 12.4 Å². The summed E-state index contributed by atoms with van der Waals surface area (Å²) in [7, 11) is 0. The summed E-state index contributed by atoms with van der Waals surface area (Å²) in [6.07, 6.45) is 4.73. The molecule has 0 N–H and O–H groups in total. The smallest absolute Gasteiger partial charge is 0.119 e. The third kappa shape index (κ3) is 2.45. The molecule has 1 heteroatoms. The second-order valence-electron chi connectivity index (χ2n) is 4.57. The minimum Gasteiger partial charge on any atom is -0.489 e. The van der Waals surface area contributed by atoms with Crippen LogP contribution in [0.15, 0.2) is 60.7 Å². The van der Waals surface area contributed by atoms with Gasteiger partial charge in [-0.25, -0.2) is 0 Å². The molecule has 0 atom stereocenters. The Balaban J connectivity index is 1.63. The first-order chi connectivity index (χ1) is 8.92. The summed E-state index contributed by atoms with van der Waals surface area (Å²) in [5.74, 6) is 0.933. The van der Waals surface area contributed by atoms with Crippen LogP contribution in [0.5, 0.6) is 5.75 Å². The molecular weight excluding hydrogens is 220 g/mol. The van der Waals surface area contributed by atoms with E-state index in [0.717, 1.165) is 5.75 Å². The predicted octanol–water partition coefficient (Wildman–Crippen LogP) is 4.44. The Morgan fingerprint density at radius 1 is 0.889 bits per heavy atom. The third-order valence-electron chi connectivity index (χ3n) is 3.28. The quantitative estimate of drug-likeness (QED) is 0.762. The first-order valence-corrected chi connectivity index (χ1v) is 6.38. The molecular formula is C17H16O. The lowest BCUT2D eigenvalue weighted by atomic mass is 9.92. The summed E-state index contributed by atoms with van der Waals surface area (Å²) in [6, 6.07) is 18.6. The van der Waals surface area contributed by atoms with Crippen molar-refractivity contribution >= 4 is 5.57 Å². The lowest BCUT2D eigenvalue weighted by Crippen LogP contribution is -1.96. The van der Waals surface area contributed by atoms with E-state index in [1.54, 1.807) is 0 Å². The summed E-state index contributed by atoms with van der Waals surface area (Å²) in [5.41, 5.74) is 3.99. The van der Waals surface area contributed by atoms with Crippen LogP contribution < -0.4 is 4.74 Å². The Kier molecular flexibility index (Phi) is 3.14. The Bertz CT molecular complexity index is 538. The molecule has 3 rings (SSSR count). The van der Waals surface area contributed by atoms with Crippen molar-refractivity contribution in [1.29, 1.82) is 0 Å². The normalized spacial score (nSPS) is 13.7. The standard InChI is InChI=1S/C17H16O/c1-2-5-14(6-3-1)13-18-17-11-9-16(10-12-17)15-7-4-8-15/h1-3,5-7,9-12H,4,8,13H2. The zero-order valence-electron chi connectivity index (χ0n) is 10.3. The van der Waals surface area contributed by atoms with Crippen LogP contribution in [0.3, 0.4) is 0 Å². The Labute approximate surface area is 108 Å². The molecule has 90 valence electrons. The molecule has 0 fully saturated rings. The van der Waals surface area contributed by atoms with Gasteiger partial charge in [0.2, 0.25) is 0 Å². The predicted molar refractivity (Wildman–Crippen MR) is 74.4 cm³/mol. The maximum Gasteiger partial charge on any atom is 0.119 e. The Morgan fingerprint density at radius 3 is 2.22 bits per heavy atom. The van der Waals surface area contributed by atoms with Crippen LogP contribution >= 0.6 is 0 Å². The molecule has 1 nitrogen and oxygen atoms in total. The number of ether oxygens (including phenoxy) is 1. The van der Waals surface area contributed by atoms with Crippen LogP contribution in [0, 0.1) is 0 Å². The van der Waals surface area contributed by atoms with Gasteiger partial charge in [-0.3, -0.25) is 0 Å². The molecule has 0 spiro atoms. The number of hydrogen-bond acceptors (Lipinski definition) is 1. The van der Waals surface area contributed by atoms with E-state index >= 15 is 0 Å². The number of hydrogen-bond donors (Lipinski definition) is 0. The molecule has 2 aromatic rings. The fraction of sp³-hybridized carbons (Fsp3) is 0.176. The van der Waals surface area contributed by atoms with E-state index in [-0.39, 0.29) is 0 Å². The first-order valence-electron chi connectivity index (χ1n) is 6.38. The van der Waals surface area contributed by atoms with E-state index in [1.165, 1.54) is 29.5 Å². The number of rotatable bonds is 4.